The number of nitrogens with zero attached hydrogens (tertiary/aromatic N) is 1. The lowest BCUT2D eigenvalue weighted by molar-refractivity contribution is -0.384. The van der Waals surface area contributed by atoms with E-state index in [1.54, 1.807) is 0 Å². The van der Waals surface area contributed by atoms with Gasteiger partial charge in [-0.3, -0.25) is 15.4 Å². The highest BCUT2D eigenvalue weighted by Gasteiger charge is 2.06. The number of benzene rings is 1. The average molecular weight is 267 g/mol. The van der Waals surface area contributed by atoms with E-state index in [9.17, 15) is 14.9 Å². The molecule has 0 aromatic heterocycles. The Kier molecular flexibility index (Phi) is 5.74. The van der Waals surface area contributed by atoms with Crippen LogP contribution in [0.25, 0.3) is 0 Å². The summed E-state index contributed by atoms with van der Waals surface area (Å²) in [6.07, 6.45) is -0.584. The lowest BCUT2D eigenvalue weighted by Crippen LogP contribution is -2.28. The van der Waals surface area contributed by atoms with Crippen molar-refractivity contribution in [3.63, 3.8) is 0 Å². The molecule has 0 aliphatic carbocycles. The van der Waals surface area contributed by atoms with E-state index in [2.05, 4.69) is 10.6 Å². The fourth-order valence-electron chi connectivity index (χ4n) is 1.31. The molecular formula is C12H17N3O4. The molecule has 0 aliphatic heterocycles. The molecule has 0 saturated carbocycles. The summed E-state index contributed by atoms with van der Waals surface area (Å²) in [5, 5.41) is 16.0. The number of hydrogen-bond acceptors (Lipinski definition) is 5. The van der Waals surface area contributed by atoms with Crippen molar-refractivity contribution in [2.75, 3.05) is 18.5 Å². The topological polar surface area (TPSA) is 93.5 Å². The Bertz CT molecular complexity index is 431. The number of nitro benzene ring substituents is 1. The number of carbonyl (C=O) groups is 1. The lowest BCUT2D eigenvalue weighted by Gasteiger charge is -2.09. The second-order valence-corrected chi connectivity index (χ2v) is 4.17. The second kappa shape index (κ2) is 7.32. The van der Waals surface area contributed by atoms with E-state index in [4.69, 9.17) is 4.74 Å². The number of nitro groups is 1. The fourth-order valence-corrected chi connectivity index (χ4v) is 1.31. The summed E-state index contributed by atoms with van der Waals surface area (Å²) in [5.41, 5.74) is 0.424. The first-order valence-electron chi connectivity index (χ1n) is 5.90. The Balaban J connectivity index is 2.34. The maximum absolute atomic E-state index is 11.4. The molecule has 0 heterocycles. The van der Waals surface area contributed by atoms with Gasteiger partial charge in [-0.25, -0.2) is 4.79 Å². The molecule has 0 atom stereocenters. The minimum Gasteiger partial charge on any atom is -0.448 e. The van der Waals surface area contributed by atoms with E-state index in [1.807, 2.05) is 13.8 Å². The number of nitrogens with one attached hydrogen (secondary N) is 2. The van der Waals surface area contributed by atoms with E-state index in [0.29, 0.717) is 18.3 Å². The van der Waals surface area contributed by atoms with E-state index >= 15 is 0 Å². The molecule has 7 nitrogen and oxygen atoms in total. The van der Waals surface area contributed by atoms with Gasteiger partial charge in [-0.2, -0.15) is 0 Å². The Morgan fingerprint density at radius 1 is 1.37 bits per heavy atom. The molecule has 1 amide bonds. The van der Waals surface area contributed by atoms with E-state index in [1.165, 1.54) is 24.3 Å². The maximum Gasteiger partial charge on any atom is 0.411 e. The van der Waals surface area contributed by atoms with Crippen molar-refractivity contribution < 1.29 is 14.5 Å². The number of non-ortho nitro benzene ring substituents is 1. The van der Waals surface area contributed by atoms with Crippen molar-refractivity contribution in [2.24, 2.45) is 0 Å². The molecule has 1 aromatic carbocycles. The van der Waals surface area contributed by atoms with Crippen molar-refractivity contribution in [1.82, 2.24) is 5.32 Å². The predicted octanol–water partition coefficient (Wildman–Crippen LogP) is 2.14. The molecule has 104 valence electrons. The first kappa shape index (κ1) is 14.9. The number of anilines is 1. The van der Waals surface area contributed by atoms with Crippen LogP contribution in [0.2, 0.25) is 0 Å². The highest BCUT2D eigenvalue weighted by Crippen LogP contribution is 2.15. The molecule has 0 unspecified atom stereocenters. The quantitative estimate of drug-likeness (QED) is 0.468. The normalized spacial score (nSPS) is 10.3. The van der Waals surface area contributed by atoms with Gasteiger partial charge in [0.15, 0.2) is 0 Å². The highest BCUT2D eigenvalue weighted by atomic mass is 16.6. The van der Waals surface area contributed by atoms with Gasteiger partial charge >= 0.3 is 6.09 Å². The Labute approximate surface area is 111 Å². The van der Waals surface area contributed by atoms with Gasteiger partial charge in [0.05, 0.1) is 4.92 Å². The van der Waals surface area contributed by atoms with Crippen LogP contribution >= 0.6 is 0 Å². The molecule has 0 fully saturated rings. The molecule has 1 rings (SSSR count). The van der Waals surface area contributed by atoms with Crippen LogP contribution in [0.5, 0.6) is 0 Å². The van der Waals surface area contributed by atoms with E-state index in [0.717, 1.165) is 0 Å². The fraction of sp³-hybridized carbons (Fsp3) is 0.417. The minimum atomic E-state index is -0.584. The zero-order valence-corrected chi connectivity index (χ0v) is 10.9. The Morgan fingerprint density at radius 3 is 2.53 bits per heavy atom. The smallest absolute Gasteiger partial charge is 0.411 e. The van der Waals surface area contributed by atoms with Gasteiger partial charge in [0.1, 0.15) is 6.61 Å². The van der Waals surface area contributed by atoms with Crippen LogP contribution < -0.4 is 10.6 Å². The highest BCUT2D eigenvalue weighted by molar-refractivity contribution is 5.84. The first-order valence-corrected chi connectivity index (χ1v) is 5.90. The van der Waals surface area contributed by atoms with Crippen LogP contribution in [0, 0.1) is 10.1 Å². The van der Waals surface area contributed by atoms with Crippen LogP contribution in [0.1, 0.15) is 13.8 Å². The van der Waals surface area contributed by atoms with Gasteiger partial charge in [0.25, 0.3) is 5.69 Å². The van der Waals surface area contributed by atoms with Crippen LogP contribution in [-0.2, 0) is 4.74 Å². The largest absolute Gasteiger partial charge is 0.448 e. The summed E-state index contributed by atoms with van der Waals surface area (Å²) >= 11 is 0. The molecule has 19 heavy (non-hydrogen) atoms. The van der Waals surface area contributed by atoms with Crippen molar-refractivity contribution in [2.45, 2.75) is 19.9 Å². The molecule has 0 saturated heterocycles. The monoisotopic (exact) mass is 267 g/mol. The summed E-state index contributed by atoms with van der Waals surface area (Å²) in [7, 11) is 0. The minimum absolute atomic E-state index is 0.0277. The lowest BCUT2D eigenvalue weighted by atomic mass is 10.3. The summed E-state index contributed by atoms with van der Waals surface area (Å²) < 4.78 is 4.93. The number of carbonyl (C=O) groups excluding carboxylic acids is 1. The third-order valence-electron chi connectivity index (χ3n) is 2.21. The summed E-state index contributed by atoms with van der Waals surface area (Å²) in [6, 6.07) is 5.87. The molecule has 0 aliphatic rings. The molecule has 0 radical (unpaired) electrons. The standard InChI is InChI=1S/C12H17N3O4/c1-9(2)13-7-8-19-12(16)14-10-3-5-11(6-4-10)15(17)18/h3-6,9,13H,7-8H2,1-2H3,(H,14,16). The van der Waals surface area contributed by atoms with E-state index < -0.39 is 11.0 Å². The van der Waals surface area contributed by atoms with E-state index in [-0.39, 0.29) is 12.3 Å². The third-order valence-corrected chi connectivity index (χ3v) is 2.21. The van der Waals surface area contributed by atoms with Gasteiger partial charge in [-0.05, 0) is 12.1 Å². The molecule has 2 N–H and O–H groups in total. The predicted molar refractivity (Wildman–Crippen MR) is 71.2 cm³/mol. The van der Waals surface area contributed by atoms with Crippen LogP contribution in [0.3, 0.4) is 0 Å². The van der Waals surface area contributed by atoms with Crippen LogP contribution in [0.4, 0.5) is 16.2 Å². The van der Waals surface area contributed by atoms with Gasteiger partial charge in [-0.1, -0.05) is 13.8 Å². The van der Waals surface area contributed by atoms with Crippen molar-refractivity contribution in [1.29, 1.82) is 0 Å². The van der Waals surface area contributed by atoms with Crippen molar-refractivity contribution in [3.8, 4) is 0 Å². The molecule has 7 heteroatoms. The number of rotatable bonds is 6. The number of hydrogen-bond donors (Lipinski definition) is 2. The summed E-state index contributed by atoms with van der Waals surface area (Å²) in [6.45, 7) is 4.83. The number of ether oxygens (including phenoxy) is 1. The Hall–Kier alpha value is -2.15. The van der Waals surface area contributed by atoms with Crippen LogP contribution in [-0.4, -0.2) is 30.2 Å². The second-order valence-electron chi connectivity index (χ2n) is 4.17. The zero-order chi connectivity index (χ0) is 14.3. The molecule has 1 aromatic rings. The third kappa shape index (κ3) is 5.82. The zero-order valence-electron chi connectivity index (χ0n) is 10.9. The first-order chi connectivity index (χ1) is 8.99. The molecule has 0 spiro atoms. The van der Waals surface area contributed by atoms with Gasteiger partial charge in [0.2, 0.25) is 0 Å². The van der Waals surface area contributed by atoms with Crippen LogP contribution in [0.15, 0.2) is 24.3 Å². The number of amides is 1. The maximum atomic E-state index is 11.4. The molecular weight excluding hydrogens is 250 g/mol. The summed E-state index contributed by atoms with van der Waals surface area (Å²) in [4.78, 5) is 21.3. The van der Waals surface area contributed by atoms with Crippen molar-refractivity contribution >= 4 is 17.5 Å². The average Bonchev–Trinajstić information content (AvgIpc) is 2.35. The molecule has 0 bridgehead atoms. The van der Waals surface area contributed by atoms with Gasteiger partial charge in [0, 0.05) is 30.4 Å². The van der Waals surface area contributed by atoms with Gasteiger partial charge < -0.3 is 10.1 Å². The summed E-state index contributed by atoms with van der Waals surface area (Å²) in [5.74, 6) is 0. The van der Waals surface area contributed by atoms with Crippen molar-refractivity contribution in [3.05, 3.63) is 34.4 Å². The van der Waals surface area contributed by atoms with Gasteiger partial charge in [-0.15, -0.1) is 0 Å². The Morgan fingerprint density at radius 2 is 2.00 bits per heavy atom. The SMILES string of the molecule is CC(C)NCCOC(=O)Nc1ccc([N+](=O)[O-])cc1.